The third kappa shape index (κ3) is 3.24. The van der Waals surface area contributed by atoms with Crippen LogP contribution < -0.4 is 21.0 Å². The molecule has 0 aromatic heterocycles. The molecule has 0 saturated heterocycles. The van der Waals surface area contributed by atoms with Crippen molar-refractivity contribution in [3.05, 3.63) is 103 Å². The Morgan fingerprint density at radius 1 is 0.654 bits per heavy atom. The average molecular weight is 358 g/mol. The predicted octanol–water partition coefficient (Wildman–Crippen LogP) is 3.24. The van der Waals surface area contributed by atoms with E-state index in [1.165, 1.54) is 27.7 Å². The fraction of sp³-hybridized carbons (Fsp3) is 0.130. The van der Waals surface area contributed by atoms with Crippen LogP contribution in [0.1, 0.15) is 19.3 Å². The largest absolute Gasteiger partial charge is 0.321 e. The fourth-order valence-electron chi connectivity index (χ4n) is 3.60. The van der Waals surface area contributed by atoms with Gasteiger partial charge >= 0.3 is 8.32 Å². The highest BCUT2D eigenvalue weighted by Gasteiger charge is 2.43. The molecule has 0 heterocycles. The van der Waals surface area contributed by atoms with Gasteiger partial charge in [-0.3, -0.25) is 5.48 Å². The molecule has 0 fully saturated rings. The summed E-state index contributed by atoms with van der Waals surface area (Å²) < 4.78 is 6.69. The van der Waals surface area contributed by atoms with Crippen molar-refractivity contribution in [1.82, 2.24) is 5.48 Å². The van der Waals surface area contributed by atoms with Gasteiger partial charge in [-0.25, -0.2) is 0 Å². The third-order valence-electron chi connectivity index (χ3n) is 4.92. The molecule has 3 aromatic carbocycles. The van der Waals surface area contributed by atoms with E-state index in [-0.39, 0.29) is 0 Å². The highest BCUT2D eigenvalue weighted by Crippen LogP contribution is 2.16. The van der Waals surface area contributed by atoms with Gasteiger partial charge in [0.25, 0.3) is 0 Å². The number of hydrogen-bond donors (Lipinski definition) is 1. The zero-order valence-corrected chi connectivity index (χ0v) is 15.8. The first-order chi connectivity index (χ1) is 12.9. The van der Waals surface area contributed by atoms with E-state index in [2.05, 4.69) is 103 Å². The summed E-state index contributed by atoms with van der Waals surface area (Å²) in [6.45, 7) is 0. The van der Waals surface area contributed by atoms with Crippen LogP contribution in [0.3, 0.4) is 0 Å². The van der Waals surface area contributed by atoms with E-state index in [1.54, 1.807) is 0 Å². The van der Waals surface area contributed by atoms with E-state index in [0.29, 0.717) is 0 Å². The normalized spacial score (nSPS) is 14.1. The highest BCUT2D eigenvalue weighted by atomic mass is 28.4. The summed E-state index contributed by atoms with van der Waals surface area (Å²) in [5.41, 5.74) is 4.54. The van der Waals surface area contributed by atoms with Gasteiger partial charge in [0, 0.05) is 5.70 Å². The van der Waals surface area contributed by atoms with Crippen LogP contribution in [0.5, 0.6) is 0 Å². The first-order valence-corrected chi connectivity index (χ1v) is 11.1. The second-order valence-electron chi connectivity index (χ2n) is 6.60. The van der Waals surface area contributed by atoms with Gasteiger partial charge in [0.1, 0.15) is 0 Å². The molecule has 0 radical (unpaired) electrons. The van der Waals surface area contributed by atoms with Gasteiger partial charge in [-0.1, -0.05) is 97.1 Å². The summed E-state index contributed by atoms with van der Waals surface area (Å²) in [5.74, 6) is 0. The smallest absolute Gasteiger partial charge is 0.305 e. The summed E-state index contributed by atoms with van der Waals surface area (Å²) >= 11 is 0. The lowest BCUT2D eigenvalue weighted by Gasteiger charge is -2.32. The molecular formula is C23H23NOSi. The molecule has 1 N–H and O–H groups in total. The Morgan fingerprint density at radius 2 is 1.12 bits per heavy atom. The van der Waals surface area contributed by atoms with E-state index < -0.39 is 8.32 Å². The van der Waals surface area contributed by atoms with Crippen molar-refractivity contribution in [1.29, 1.82) is 0 Å². The van der Waals surface area contributed by atoms with Crippen molar-refractivity contribution in [2.45, 2.75) is 19.3 Å². The molecule has 1 aliphatic carbocycles. The summed E-state index contributed by atoms with van der Waals surface area (Å²) in [6.07, 6.45) is 5.63. The van der Waals surface area contributed by atoms with Crippen molar-refractivity contribution in [3.8, 4) is 0 Å². The van der Waals surface area contributed by atoms with Crippen molar-refractivity contribution in [2.24, 2.45) is 0 Å². The fourth-order valence-corrected chi connectivity index (χ4v) is 7.22. The number of hydroxylamine groups is 1. The van der Waals surface area contributed by atoms with E-state index in [1.807, 2.05) is 0 Å². The zero-order valence-electron chi connectivity index (χ0n) is 14.8. The van der Waals surface area contributed by atoms with E-state index in [0.717, 1.165) is 12.8 Å². The van der Waals surface area contributed by atoms with Crippen LogP contribution >= 0.6 is 0 Å². The summed E-state index contributed by atoms with van der Waals surface area (Å²) in [7, 11) is -2.64. The molecule has 4 rings (SSSR count). The van der Waals surface area contributed by atoms with Gasteiger partial charge < -0.3 is 4.53 Å². The predicted molar refractivity (Wildman–Crippen MR) is 110 cm³/mol. The maximum atomic E-state index is 6.69. The molecule has 2 nitrogen and oxygen atoms in total. The van der Waals surface area contributed by atoms with Crippen LogP contribution in [0.25, 0.3) is 0 Å². The van der Waals surface area contributed by atoms with Gasteiger partial charge in [0.2, 0.25) is 0 Å². The number of nitrogens with one attached hydrogen (secondary N) is 1. The monoisotopic (exact) mass is 357 g/mol. The second kappa shape index (κ2) is 7.73. The molecule has 0 atom stereocenters. The quantitative estimate of drug-likeness (QED) is 0.415. The van der Waals surface area contributed by atoms with Gasteiger partial charge in [-0.15, -0.1) is 0 Å². The van der Waals surface area contributed by atoms with E-state index in [4.69, 9.17) is 4.53 Å². The van der Waals surface area contributed by atoms with Gasteiger partial charge in [-0.05, 0) is 34.8 Å². The molecule has 130 valence electrons. The molecule has 0 bridgehead atoms. The van der Waals surface area contributed by atoms with Crippen LogP contribution in [-0.2, 0) is 4.53 Å². The van der Waals surface area contributed by atoms with Gasteiger partial charge in [0.05, 0.1) is 0 Å². The summed E-state index contributed by atoms with van der Waals surface area (Å²) in [6, 6.07) is 31.9. The van der Waals surface area contributed by atoms with E-state index in [9.17, 15) is 0 Å². The number of hydrogen-bond acceptors (Lipinski definition) is 2. The number of benzene rings is 3. The molecule has 1 aliphatic rings. The number of allylic oxidation sites excluding steroid dienone is 2. The number of rotatable bonds is 6. The topological polar surface area (TPSA) is 21.3 Å². The average Bonchev–Trinajstić information content (AvgIpc) is 3.25. The lowest BCUT2D eigenvalue weighted by atomic mass is 10.3. The molecule has 0 aliphatic heterocycles. The molecule has 26 heavy (non-hydrogen) atoms. The maximum absolute atomic E-state index is 6.69. The zero-order chi connectivity index (χ0) is 17.7. The second-order valence-corrected chi connectivity index (χ2v) is 9.90. The first-order valence-electron chi connectivity index (χ1n) is 9.19. The lowest BCUT2D eigenvalue weighted by molar-refractivity contribution is 0.228. The van der Waals surface area contributed by atoms with Crippen LogP contribution in [0.2, 0.25) is 0 Å². The molecule has 3 aromatic rings. The minimum atomic E-state index is -2.64. The van der Waals surface area contributed by atoms with Crippen LogP contribution in [0, 0.1) is 0 Å². The van der Waals surface area contributed by atoms with Crippen molar-refractivity contribution in [3.63, 3.8) is 0 Å². The SMILES string of the molecule is C1=C(NO[Si](c2ccccc2)(c2ccccc2)c2ccccc2)CCC1. The van der Waals surface area contributed by atoms with Crippen molar-refractivity contribution < 1.29 is 4.53 Å². The summed E-state index contributed by atoms with van der Waals surface area (Å²) in [4.78, 5) is 0. The molecule has 0 saturated carbocycles. The van der Waals surface area contributed by atoms with Crippen molar-refractivity contribution >= 4 is 23.9 Å². The molecule has 0 unspecified atom stereocenters. The Morgan fingerprint density at radius 3 is 1.50 bits per heavy atom. The van der Waals surface area contributed by atoms with Crippen LogP contribution in [0.4, 0.5) is 0 Å². The highest BCUT2D eigenvalue weighted by molar-refractivity contribution is 7.07. The lowest BCUT2D eigenvalue weighted by Crippen LogP contribution is -2.70. The standard InChI is InChI=1S/C23H23NOSi/c1-4-14-21(15-5-1)26(22-16-6-2-7-17-22,23-18-8-3-9-19-23)25-24-20-12-10-11-13-20/h1-9,12,14-19,24H,10-11,13H2. The Bertz CT molecular complexity index is 766. The minimum Gasteiger partial charge on any atom is -0.305 e. The van der Waals surface area contributed by atoms with Crippen LogP contribution in [0.15, 0.2) is 103 Å². The van der Waals surface area contributed by atoms with Crippen LogP contribution in [-0.4, -0.2) is 8.32 Å². The van der Waals surface area contributed by atoms with Crippen molar-refractivity contribution in [2.75, 3.05) is 0 Å². The molecule has 0 amide bonds. The molecule has 3 heteroatoms. The Labute approximate surface area is 156 Å². The summed E-state index contributed by atoms with van der Waals surface area (Å²) in [5, 5.41) is 3.72. The Kier molecular flexibility index (Phi) is 5.00. The van der Waals surface area contributed by atoms with E-state index >= 15 is 0 Å². The van der Waals surface area contributed by atoms with Gasteiger partial charge in [-0.2, -0.15) is 0 Å². The minimum absolute atomic E-state index is 1.06. The Hall–Kier alpha value is -2.62. The first kappa shape index (κ1) is 16.8. The Balaban J connectivity index is 1.87. The van der Waals surface area contributed by atoms with Gasteiger partial charge in [0.15, 0.2) is 0 Å². The molecular weight excluding hydrogens is 334 g/mol. The third-order valence-corrected chi connectivity index (χ3v) is 8.76. The maximum Gasteiger partial charge on any atom is 0.321 e. The molecule has 0 spiro atoms.